The Hall–Kier alpha value is -1.43. The lowest BCUT2D eigenvalue weighted by Gasteiger charge is -2.04. The van der Waals surface area contributed by atoms with Gasteiger partial charge in [0.15, 0.2) is 0 Å². The maximum absolute atomic E-state index is 12.2. The number of H-pyrrole nitrogens is 1. The van der Waals surface area contributed by atoms with E-state index in [-0.39, 0.29) is 12.4 Å². The second kappa shape index (κ2) is 3.53. The molecular weight excluding hydrogens is 180 g/mol. The van der Waals surface area contributed by atoms with E-state index < -0.39 is 17.5 Å². The Morgan fingerprint density at radius 1 is 1.54 bits per heavy atom. The van der Waals surface area contributed by atoms with Crippen molar-refractivity contribution in [2.75, 3.05) is 5.73 Å². The minimum Gasteiger partial charge on any atom is -0.385 e. The van der Waals surface area contributed by atoms with Crippen molar-refractivity contribution in [2.45, 2.75) is 13.0 Å². The van der Waals surface area contributed by atoms with Crippen molar-refractivity contribution < 1.29 is 8.78 Å². The van der Waals surface area contributed by atoms with Gasteiger partial charge in [-0.2, -0.15) is 0 Å². The first kappa shape index (κ1) is 9.66. The third-order valence-electron chi connectivity index (χ3n) is 1.64. The number of anilines is 1. The fourth-order valence-corrected chi connectivity index (χ4v) is 0.937. The summed E-state index contributed by atoms with van der Waals surface area (Å²) in [4.78, 5) is 13.0. The van der Waals surface area contributed by atoms with E-state index in [9.17, 15) is 13.6 Å². The van der Waals surface area contributed by atoms with Crippen molar-refractivity contribution in [1.82, 2.24) is 4.98 Å². The first-order valence-electron chi connectivity index (χ1n) is 3.56. The number of nitrogen functional groups attached to an aromatic ring is 1. The van der Waals surface area contributed by atoms with E-state index >= 15 is 0 Å². The predicted octanol–water partition coefficient (Wildman–Crippen LogP) is 0.353. The molecule has 0 spiro atoms. The quantitative estimate of drug-likeness (QED) is 0.627. The molecule has 0 aromatic carbocycles. The largest absolute Gasteiger partial charge is 0.385 e. The summed E-state index contributed by atoms with van der Waals surface area (Å²) in [6.07, 6.45) is -2.81. The molecule has 0 fully saturated rings. The number of nitrogens with two attached hydrogens (primary N) is 2. The van der Waals surface area contributed by atoms with Crippen molar-refractivity contribution in [3.05, 3.63) is 27.5 Å². The molecule has 1 heterocycles. The van der Waals surface area contributed by atoms with Crippen LogP contribution < -0.4 is 17.0 Å². The standard InChI is InChI=1S/C7H9F2N3O/c8-5(9)4-1-3(2-10)6(11)12-7(4)13/h1,5H,2,10H2,(H3,11,12,13). The van der Waals surface area contributed by atoms with Crippen LogP contribution in [0.15, 0.2) is 10.9 Å². The lowest BCUT2D eigenvalue weighted by molar-refractivity contribution is 0.149. The number of pyridine rings is 1. The molecule has 13 heavy (non-hydrogen) atoms. The number of halogens is 2. The number of hydrogen-bond donors (Lipinski definition) is 3. The number of rotatable bonds is 2. The average Bonchev–Trinajstić information content (AvgIpc) is 2.03. The molecule has 6 heteroatoms. The zero-order valence-corrected chi connectivity index (χ0v) is 6.68. The van der Waals surface area contributed by atoms with Crippen molar-refractivity contribution in [3.8, 4) is 0 Å². The molecule has 0 aliphatic rings. The van der Waals surface area contributed by atoms with Gasteiger partial charge in [-0.25, -0.2) is 8.78 Å². The SMILES string of the molecule is NCc1cc(C(F)F)c(=O)[nH]c1N. The average molecular weight is 189 g/mol. The molecule has 0 saturated carbocycles. The third kappa shape index (κ3) is 1.83. The summed E-state index contributed by atoms with van der Waals surface area (Å²) in [6.45, 7) is 0.0162. The van der Waals surface area contributed by atoms with E-state index in [4.69, 9.17) is 11.5 Å². The zero-order chi connectivity index (χ0) is 10.0. The lowest BCUT2D eigenvalue weighted by Crippen LogP contribution is -2.17. The van der Waals surface area contributed by atoms with Crippen molar-refractivity contribution >= 4 is 5.82 Å². The fraction of sp³-hybridized carbons (Fsp3) is 0.286. The Kier molecular flexibility index (Phi) is 2.62. The molecule has 5 N–H and O–H groups in total. The highest BCUT2D eigenvalue weighted by atomic mass is 19.3. The van der Waals surface area contributed by atoms with Gasteiger partial charge in [-0.1, -0.05) is 0 Å². The first-order valence-corrected chi connectivity index (χ1v) is 3.56. The van der Waals surface area contributed by atoms with Crippen LogP contribution in [0.3, 0.4) is 0 Å². The minimum absolute atomic E-state index is 0.0162. The van der Waals surface area contributed by atoms with Crippen LogP contribution in [0.1, 0.15) is 17.6 Å². The van der Waals surface area contributed by atoms with Crippen LogP contribution in [-0.2, 0) is 6.54 Å². The number of aromatic amines is 1. The van der Waals surface area contributed by atoms with E-state index in [1.165, 1.54) is 0 Å². The molecule has 0 saturated heterocycles. The number of hydrogen-bond acceptors (Lipinski definition) is 3. The van der Waals surface area contributed by atoms with Crippen LogP contribution in [0.2, 0.25) is 0 Å². The van der Waals surface area contributed by atoms with Gasteiger partial charge < -0.3 is 16.5 Å². The van der Waals surface area contributed by atoms with Gasteiger partial charge >= 0.3 is 0 Å². The molecule has 0 amide bonds. The third-order valence-corrected chi connectivity index (χ3v) is 1.64. The second-order valence-electron chi connectivity index (χ2n) is 2.50. The molecule has 1 rings (SSSR count). The van der Waals surface area contributed by atoms with Gasteiger partial charge in [0, 0.05) is 12.1 Å². The van der Waals surface area contributed by atoms with Crippen molar-refractivity contribution in [1.29, 1.82) is 0 Å². The fourth-order valence-electron chi connectivity index (χ4n) is 0.937. The molecule has 1 aromatic heterocycles. The molecule has 0 bridgehead atoms. The zero-order valence-electron chi connectivity index (χ0n) is 6.68. The summed E-state index contributed by atoms with van der Waals surface area (Å²) >= 11 is 0. The molecule has 0 atom stereocenters. The van der Waals surface area contributed by atoms with Crippen LogP contribution in [-0.4, -0.2) is 4.98 Å². The van der Waals surface area contributed by atoms with E-state index in [1.807, 2.05) is 0 Å². The first-order chi connectivity index (χ1) is 6.06. The van der Waals surface area contributed by atoms with Gasteiger partial charge in [-0.05, 0) is 6.07 Å². The highest BCUT2D eigenvalue weighted by Gasteiger charge is 2.13. The van der Waals surface area contributed by atoms with Crippen LogP contribution in [0.25, 0.3) is 0 Å². The summed E-state index contributed by atoms with van der Waals surface area (Å²) in [5.74, 6) is 0.0388. The highest BCUT2D eigenvalue weighted by Crippen LogP contribution is 2.17. The van der Waals surface area contributed by atoms with E-state index in [0.717, 1.165) is 6.07 Å². The Morgan fingerprint density at radius 3 is 2.62 bits per heavy atom. The maximum Gasteiger partial charge on any atom is 0.269 e. The monoisotopic (exact) mass is 189 g/mol. The summed E-state index contributed by atoms with van der Waals surface area (Å²) < 4.78 is 24.3. The van der Waals surface area contributed by atoms with Gasteiger partial charge in [0.25, 0.3) is 12.0 Å². The summed E-state index contributed by atoms with van der Waals surface area (Å²) in [7, 11) is 0. The molecule has 0 aliphatic heterocycles. The van der Waals surface area contributed by atoms with Crippen LogP contribution in [0.5, 0.6) is 0 Å². The lowest BCUT2D eigenvalue weighted by atomic mass is 10.2. The van der Waals surface area contributed by atoms with Gasteiger partial charge in [0.05, 0.1) is 5.56 Å². The summed E-state index contributed by atoms with van der Waals surface area (Å²) in [6, 6.07) is 1.03. The Morgan fingerprint density at radius 2 is 2.15 bits per heavy atom. The van der Waals surface area contributed by atoms with Gasteiger partial charge in [-0.3, -0.25) is 4.79 Å². The van der Waals surface area contributed by atoms with Crippen LogP contribution in [0, 0.1) is 0 Å². The van der Waals surface area contributed by atoms with Crippen LogP contribution >= 0.6 is 0 Å². The van der Waals surface area contributed by atoms with E-state index in [2.05, 4.69) is 4.98 Å². The molecular formula is C7H9F2N3O. The summed E-state index contributed by atoms with van der Waals surface area (Å²) in [5, 5.41) is 0. The smallest absolute Gasteiger partial charge is 0.269 e. The van der Waals surface area contributed by atoms with E-state index in [0.29, 0.717) is 5.56 Å². The van der Waals surface area contributed by atoms with E-state index in [1.54, 1.807) is 0 Å². The molecule has 4 nitrogen and oxygen atoms in total. The predicted molar refractivity (Wildman–Crippen MR) is 44.3 cm³/mol. The van der Waals surface area contributed by atoms with Gasteiger partial charge in [-0.15, -0.1) is 0 Å². The number of alkyl halides is 2. The Balaban J connectivity index is 3.31. The van der Waals surface area contributed by atoms with Gasteiger partial charge in [0.2, 0.25) is 0 Å². The number of nitrogens with one attached hydrogen (secondary N) is 1. The number of aromatic nitrogens is 1. The van der Waals surface area contributed by atoms with Gasteiger partial charge in [0.1, 0.15) is 5.82 Å². The Bertz CT molecular complexity index is 361. The second-order valence-corrected chi connectivity index (χ2v) is 2.50. The molecule has 72 valence electrons. The topological polar surface area (TPSA) is 84.9 Å². The Labute approximate surface area is 72.6 Å². The van der Waals surface area contributed by atoms with Crippen LogP contribution in [0.4, 0.5) is 14.6 Å². The molecule has 0 aliphatic carbocycles. The normalized spacial score (nSPS) is 10.8. The summed E-state index contributed by atoms with van der Waals surface area (Å²) in [5.41, 5.74) is 9.39. The maximum atomic E-state index is 12.2. The molecule has 0 radical (unpaired) electrons. The highest BCUT2D eigenvalue weighted by molar-refractivity contribution is 5.40. The van der Waals surface area contributed by atoms with Crippen molar-refractivity contribution in [2.24, 2.45) is 5.73 Å². The molecule has 0 unspecified atom stereocenters. The minimum atomic E-state index is -2.81. The molecule has 1 aromatic rings. The van der Waals surface area contributed by atoms with Crippen molar-refractivity contribution in [3.63, 3.8) is 0 Å².